The minimum absolute atomic E-state index is 0.241. The summed E-state index contributed by atoms with van der Waals surface area (Å²) in [5, 5.41) is 16.2. The molecule has 0 saturated carbocycles. The molecule has 4 nitrogen and oxygen atoms in total. The van der Waals surface area contributed by atoms with Crippen LogP contribution in [0, 0.1) is 0 Å². The lowest BCUT2D eigenvalue weighted by Gasteiger charge is -2.12. The van der Waals surface area contributed by atoms with Gasteiger partial charge in [-0.25, -0.2) is 0 Å². The molecule has 0 spiro atoms. The summed E-state index contributed by atoms with van der Waals surface area (Å²) in [5.74, 6) is 0. The average molecular weight is 188 g/mol. The van der Waals surface area contributed by atoms with Crippen molar-refractivity contribution in [3.63, 3.8) is 0 Å². The van der Waals surface area contributed by atoms with Gasteiger partial charge in [-0.1, -0.05) is 19.0 Å². The van der Waals surface area contributed by atoms with Gasteiger partial charge in [-0.15, -0.1) is 0 Å². The second-order valence-electron chi connectivity index (χ2n) is 3.55. The van der Waals surface area contributed by atoms with Gasteiger partial charge in [-0.05, 0) is 13.8 Å². The lowest BCUT2D eigenvalue weighted by atomic mass is 10.3. The Labute approximate surface area is 80.0 Å². The summed E-state index contributed by atoms with van der Waals surface area (Å²) >= 11 is 0. The second kappa shape index (κ2) is 6.86. The molecule has 0 heterocycles. The summed E-state index contributed by atoms with van der Waals surface area (Å²) in [6, 6.07) is 0.381. The van der Waals surface area contributed by atoms with Gasteiger partial charge in [-0.3, -0.25) is 0 Å². The van der Waals surface area contributed by atoms with Crippen LogP contribution >= 0.6 is 0 Å². The van der Waals surface area contributed by atoms with Gasteiger partial charge in [0.05, 0.1) is 5.71 Å². The Kier molecular flexibility index (Phi) is 6.54. The topological polar surface area (TPSA) is 53.9 Å². The van der Waals surface area contributed by atoms with Crippen molar-refractivity contribution in [1.82, 2.24) is 5.32 Å². The Balaban J connectivity index is 3.40. The van der Waals surface area contributed by atoms with E-state index >= 15 is 0 Å². The maximum atomic E-state index is 9.35. The summed E-state index contributed by atoms with van der Waals surface area (Å²) in [6.45, 7) is 8.53. The lowest BCUT2D eigenvalue weighted by Crippen LogP contribution is -2.34. The fraction of sp³-hybridized carbons (Fsp3) is 0.889. The van der Waals surface area contributed by atoms with Crippen LogP contribution in [0.15, 0.2) is 5.16 Å². The number of rotatable bonds is 6. The molecular formula is C9H20N2O2. The highest BCUT2D eigenvalue weighted by atomic mass is 16.6. The standard InChI is InChI=1S/C9H20N2O2/c1-7(2)10-5-9(12)6-13-11-8(3)4/h7,9-10,12H,5-6H2,1-4H3/t9-/m0/s1. The quantitative estimate of drug-likeness (QED) is 0.478. The molecule has 1 atom stereocenters. The second-order valence-corrected chi connectivity index (χ2v) is 3.55. The first-order valence-electron chi connectivity index (χ1n) is 4.57. The molecule has 0 radical (unpaired) electrons. The van der Waals surface area contributed by atoms with Crippen molar-refractivity contribution in [3.05, 3.63) is 0 Å². The van der Waals surface area contributed by atoms with E-state index in [1.54, 1.807) is 0 Å². The third kappa shape index (κ3) is 9.30. The monoisotopic (exact) mass is 188 g/mol. The van der Waals surface area contributed by atoms with E-state index in [0.717, 1.165) is 5.71 Å². The maximum absolute atomic E-state index is 9.35. The summed E-state index contributed by atoms with van der Waals surface area (Å²) in [7, 11) is 0. The molecule has 0 rings (SSSR count). The fourth-order valence-electron chi connectivity index (χ4n) is 0.683. The molecule has 0 fully saturated rings. The van der Waals surface area contributed by atoms with Crippen LogP contribution in [0.4, 0.5) is 0 Å². The molecule has 0 aromatic rings. The normalized spacial score (nSPS) is 12.8. The number of hydrogen-bond acceptors (Lipinski definition) is 4. The molecule has 0 saturated heterocycles. The van der Waals surface area contributed by atoms with Crippen LogP contribution in [0.25, 0.3) is 0 Å². The van der Waals surface area contributed by atoms with Gasteiger partial charge in [0.25, 0.3) is 0 Å². The summed E-state index contributed by atoms with van der Waals surface area (Å²) in [4.78, 5) is 4.89. The third-order valence-corrected chi connectivity index (χ3v) is 1.28. The number of aliphatic hydroxyl groups excluding tert-OH is 1. The molecule has 4 heteroatoms. The van der Waals surface area contributed by atoms with Crippen LogP contribution in [0.3, 0.4) is 0 Å². The van der Waals surface area contributed by atoms with Crippen LogP contribution in [-0.2, 0) is 4.84 Å². The Morgan fingerprint density at radius 3 is 2.54 bits per heavy atom. The number of oxime groups is 1. The SMILES string of the molecule is CC(C)=NOC[C@@H](O)CNC(C)C. The predicted molar refractivity (Wildman–Crippen MR) is 53.9 cm³/mol. The van der Waals surface area contributed by atoms with E-state index in [0.29, 0.717) is 12.6 Å². The van der Waals surface area contributed by atoms with Crippen molar-refractivity contribution in [2.45, 2.75) is 39.8 Å². The molecule has 0 aromatic heterocycles. The number of aliphatic hydroxyl groups is 1. The Morgan fingerprint density at radius 1 is 1.46 bits per heavy atom. The first-order valence-corrected chi connectivity index (χ1v) is 4.57. The number of hydrogen-bond donors (Lipinski definition) is 2. The zero-order valence-corrected chi connectivity index (χ0v) is 8.87. The first-order chi connectivity index (χ1) is 6.02. The number of nitrogens with zero attached hydrogens (tertiary/aromatic N) is 1. The van der Waals surface area contributed by atoms with Crippen LogP contribution < -0.4 is 5.32 Å². The number of nitrogens with one attached hydrogen (secondary N) is 1. The van der Waals surface area contributed by atoms with Gasteiger partial charge in [0.1, 0.15) is 12.7 Å². The zero-order valence-electron chi connectivity index (χ0n) is 8.87. The average Bonchev–Trinajstić information content (AvgIpc) is 2.00. The lowest BCUT2D eigenvalue weighted by molar-refractivity contribution is 0.0393. The molecule has 78 valence electrons. The van der Waals surface area contributed by atoms with E-state index in [1.807, 2.05) is 27.7 Å². The van der Waals surface area contributed by atoms with Crippen LogP contribution in [0.1, 0.15) is 27.7 Å². The van der Waals surface area contributed by atoms with Crippen LogP contribution in [0.5, 0.6) is 0 Å². The molecule has 0 amide bonds. The van der Waals surface area contributed by atoms with E-state index in [4.69, 9.17) is 4.84 Å². The van der Waals surface area contributed by atoms with E-state index in [1.165, 1.54) is 0 Å². The van der Waals surface area contributed by atoms with E-state index in [9.17, 15) is 5.11 Å². The van der Waals surface area contributed by atoms with Gasteiger partial charge in [0.2, 0.25) is 0 Å². The van der Waals surface area contributed by atoms with Gasteiger partial charge in [0.15, 0.2) is 0 Å². The highest BCUT2D eigenvalue weighted by Gasteiger charge is 2.04. The van der Waals surface area contributed by atoms with Crippen molar-refractivity contribution in [1.29, 1.82) is 0 Å². The molecule has 0 bridgehead atoms. The molecule has 2 N–H and O–H groups in total. The molecule has 13 heavy (non-hydrogen) atoms. The van der Waals surface area contributed by atoms with E-state index in [-0.39, 0.29) is 6.61 Å². The van der Waals surface area contributed by atoms with Gasteiger partial charge < -0.3 is 15.3 Å². The Hall–Kier alpha value is -0.610. The van der Waals surface area contributed by atoms with Crippen molar-refractivity contribution in [2.75, 3.05) is 13.2 Å². The fourth-order valence-corrected chi connectivity index (χ4v) is 0.683. The minimum Gasteiger partial charge on any atom is -0.393 e. The van der Waals surface area contributed by atoms with Crippen molar-refractivity contribution >= 4 is 5.71 Å². The predicted octanol–water partition coefficient (Wildman–Crippen LogP) is 0.758. The van der Waals surface area contributed by atoms with Crippen molar-refractivity contribution in [3.8, 4) is 0 Å². The summed E-state index contributed by atoms with van der Waals surface area (Å²) < 4.78 is 0. The molecule has 0 aromatic carbocycles. The summed E-state index contributed by atoms with van der Waals surface area (Å²) in [5.41, 5.74) is 0.851. The van der Waals surface area contributed by atoms with Gasteiger partial charge in [0, 0.05) is 12.6 Å². The van der Waals surface area contributed by atoms with E-state index in [2.05, 4.69) is 10.5 Å². The first kappa shape index (κ1) is 12.4. The Bertz CT molecular complexity index is 154. The highest BCUT2D eigenvalue weighted by Crippen LogP contribution is 1.87. The molecule has 0 aliphatic rings. The molecule has 0 aliphatic heterocycles. The van der Waals surface area contributed by atoms with Gasteiger partial charge >= 0.3 is 0 Å². The molecule has 0 unspecified atom stereocenters. The Morgan fingerprint density at radius 2 is 2.08 bits per heavy atom. The van der Waals surface area contributed by atoms with Gasteiger partial charge in [-0.2, -0.15) is 0 Å². The zero-order chi connectivity index (χ0) is 10.3. The maximum Gasteiger partial charge on any atom is 0.144 e. The van der Waals surface area contributed by atoms with E-state index < -0.39 is 6.10 Å². The molecule has 0 aliphatic carbocycles. The highest BCUT2D eigenvalue weighted by molar-refractivity contribution is 5.78. The van der Waals surface area contributed by atoms with Crippen molar-refractivity contribution < 1.29 is 9.94 Å². The van der Waals surface area contributed by atoms with Crippen molar-refractivity contribution in [2.24, 2.45) is 5.16 Å². The largest absolute Gasteiger partial charge is 0.393 e. The smallest absolute Gasteiger partial charge is 0.144 e. The summed E-state index contributed by atoms with van der Waals surface area (Å²) in [6.07, 6.45) is -0.495. The minimum atomic E-state index is -0.495. The third-order valence-electron chi connectivity index (χ3n) is 1.28. The van der Waals surface area contributed by atoms with Crippen LogP contribution in [-0.4, -0.2) is 36.1 Å². The molecular weight excluding hydrogens is 168 g/mol. The van der Waals surface area contributed by atoms with Crippen LogP contribution in [0.2, 0.25) is 0 Å².